The second-order valence-electron chi connectivity index (χ2n) is 4.88. The quantitative estimate of drug-likeness (QED) is 0.571. The number of benzene rings is 1. The van der Waals surface area contributed by atoms with Crippen LogP contribution in [0, 0.1) is 5.92 Å². The molecule has 0 fully saturated rings. The third-order valence-electron chi connectivity index (χ3n) is 2.90. The summed E-state index contributed by atoms with van der Waals surface area (Å²) in [5.41, 5.74) is 1.21. The molecule has 0 amide bonds. The molecule has 0 spiro atoms. The Labute approximate surface area is 126 Å². The molecule has 0 atom stereocenters. The Kier molecular flexibility index (Phi) is 7.23. The van der Waals surface area contributed by atoms with Crippen LogP contribution in [0.15, 0.2) is 30.3 Å². The van der Waals surface area contributed by atoms with E-state index < -0.39 is 0 Å². The maximum atomic E-state index is 11.1. The zero-order valence-corrected chi connectivity index (χ0v) is 13.2. The highest BCUT2D eigenvalue weighted by Gasteiger charge is 2.12. The van der Waals surface area contributed by atoms with Gasteiger partial charge in [-0.05, 0) is 5.56 Å². The Hall–Kier alpha value is -1.42. The number of thiocarbonyl (C=S) groups is 1. The standard InChI is InChI=1S/C16H22NO2S/c1-4-16(18)19-12-13(2)11-17(3)15(20)10-14-8-6-5-7-9-14/h5-9H,4,10-12H2,1-3H3. The number of nitrogens with zero attached hydrogens (tertiary/aromatic N) is 1. The van der Waals surface area contributed by atoms with Crippen molar-refractivity contribution in [3.63, 3.8) is 0 Å². The Morgan fingerprint density at radius 1 is 1.30 bits per heavy atom. The molecule has 20 heavy (non-hydrogen) atoms. The fourth-order valence-electron chi connectivity index (χ4n) is 1.75. The number of esters is 1. The molecule has 0 aromatic heterocycles. The molecule has 1 aromatic rings. The topological polar surface area (TPSA) is 29.5 Å². The molecule has 3 nitrogen and oxygen atoms in total. The summed E-state index contributed by atoms with van der Waals surface area (Å²) >= 11 is 5.44. The van der Waals surface area contributed by atoms with Gasteiger partial charge in [-0.3, -0.25) is 4.79 Å². The van der Waals surface area contributed by atoms with E-state index in [1.54, 1.807) is 6.92 Å². The van der Waals surface area contributed by atoms with Crippen molar-refractivity contribution in [3.05, 3.63) is 41.8 Å². The largest absolute Gasteiger partial charge is 0.465 e. The number of likely N-dealkylation sites (N-methyl/N-ethyl adjacent to an activating group) is 1. The highest BCUT2D eigenvalue weighted by Crippen LogP contribution is 2.07. The van der Waals surface area contributed by atoms with Gasteiger partial charge in [0.2, 0.25) is 0 Å². The van der Waals surface area contributed by atoms with Crippen molar-refractivity contribution in [2.24, 2.45) is 0 Å². The van der Waals surface area contributed by atoms with Crippen molar-refractivity contribution in [3.8, 4) is 0 Å². The highest BCUT2D eigenvalue weighted by atomic mass is 32.1. The number of carbonyl (C=O) groups is 1. The molecule has 0 N–H and O–H groups in total. The van der Waals surface area contributed by atoms with Crippen LogP contribution in [0.4, 0.5) is 0 Å². The molecule has 1 radical (unpaired) electrons. The maximum Gasteiger partial charge on any atom is 0.305 e. The van der Waals surface area contributed by atoms with Crippen LogP contribution < -0.4 is 0 Å². The molecular formula is C16H22NO2S. The Morgan fingerprint density at radius 2 is 1.95 bits per heavy atom. The molecule has 1 aromatic carbocycles. The molecular weight excluding hydrogens is 270 g/mol. The summed E-state index contributed by atoms with van der Waals surface area (Å²) in [5, 5.41) is 0. The SMILES string of the molecule is CCC(=O)OC[C](C)CN(C)C(=S)Cc1ccccc1. The smallest absolute Gasteiger partial charge is 0.305 e. The minimum Gasteiger partial charge on any atom is -0.465 e. The number of rotatable bonds is 7. The Bertz CT molecular complexity index is 433. The van der Waals surface area contributed by atoms with E-state index in [1.165, 1.54) is 5.56 Å². The highest BCUT2D eigenvalue weighted by molar-refractivity contribution is 7.80. The van der Waals surface area contributed by atoms with Crippen LogP contribution in [0.1, 0.15) is 25.8 Å². The summed E-state index contributed by atoms with van der Waals surface area (Å²) in [6, 6.07) is 10.2. The second kappa shape index (κ2) is 8.69. The normalized spacial score (nSPS) is 10.4. The minimum absolute atomic E-state index is 0.168. The van der Waals surface area contributed by atoms with E-state index in [4.69, 9.17) is 17.0 Å². The van der Waals surface area contributed by atoms with Crippen molar-refractivity contribution >= 4 is 23.2 Å². The molecule has 0 saturated heterocycles. The summed E-state index contributed by atoms with van der Waals surface area (Å²) in [6.07, 6.45) is 1.17. The molecule has 0 aliphatic heterocycles. The summed E-state index contributed by atoms with van der Waals surface area (Å²) in [7, 11) is 1.97. The number of hydrogen-bond acceptors (Lipinski definition) is 3. The summed E-state index contributed by atoms with van der Waals surface area (Å²) in [5.74, 6) is 0.920. The molecule has 0 unspecified atom stereocenters. The van der Waals surface area contributed by atoms with Crippen LogP contribution in [0.25, 0.3) is 0 Å². The van der Waals surface area contributed by atoms with Gasteiger partial charge >= 0.3 is 5.97 Å². The van der Waals surface area contributed by atoms with E-state index in [1.807, 2.05) is 37.1 Å². The number of carbonyl (C=O) groups excluding carboxylic acids is 1. The van der Waals surface area contributed by atoms with E-state index in [-0.39, 0.29) is 5.97 Å². The van der Waals surface area contributed by atoms with E-state index in [9.17, 15) is 4.79 Å². The third-order valence-corrected chi connectivity index (χ3v) is 3.36. The van der Waals surface area contributed by atoms with Gasteiger partial charge in [0.05, 0.1) is 11.6 Å². The predicted octanol–water partition coefficient (Wildman–Crippen LogP) is 3.04. The van der Waals surface area contributed by atoms with Gasteiger partial charge in [-0.2, -0.15) is 0 Å². The lowest BCUT2D eigenvalue weighted by molar-refractivity contribution is -0.142. The molecule has 0 aliphatic carbocycles. The first kappa shape index (κ1) is 16.6. The Balaban J connectivity index is 2.36. The first-order valence-corrected chi connectivity index (χ1v) is 7.18. The average Bonchev–Trinajstić information content (AvgIpc) is 2.45. The van der Waals surface area contributed by atoms with Gasteiger partial charge < -0.3 is 9.64 Å². The van der Waals surface area contributed by atoms with Crippen LogP contribution in [0.2, 0.25) is 0 Å². The lowest BCUT2D eigenvalue weighted by Gasteiger charge is -2.23. The molecule has 0 saturated carbocycles. The van der Waals surface area contributed by atoms with E-state index in [0.717, 1.165) is 17.3 Å². The number of ether oxygens (including phenoxy) is 1. The van der Waals surface area contributed by atoms with E-state index in [0.29, 0.717) is 19.6 Å². The fraction of sp³-hybridized carbons (Fsp3) is 0.438. The van der Waals surface area contributed by atoms with Gasteiger partial charge in [0.1, 0.15) is 0 Å². The molecule has 0 heterocycles. The zero-order chi connectivity index (χ0) is 15.0. The van der Waals surface area contributed by atoms with E-state index in [2.05, 4.69) is 12.1 Å². The lowest BCUT2D eigenvalue weighted by atomic mass is 10.1. The Morgan fingerprint density at radius 3 is 2.55 bits per heavy atom. The van der Waals surface area contributed by atoms with Crippen molar-refractivity contribution < 1.29 is 9.53 Å². The van der Waals surface area contributed by atoms with Crippen molar-refractivity contribution in [1.29, 1.82) is 0 Å². The molecule has 109 valence electrons. The first-order chi connectivity index (χ1) is 9.52. The molecule has 1 rings (SSSR count). The molecule has 0 aliphatic rings. The van der Waals surface area contributed by atoms with Gasteiger partial charge in [-0.15, -0.1) is 0 Å². The average molecular weight is 292 g/mol. The predicted molar refractivity (Wildman–Crippen MR) is 85.5 cm³/mol. The van der Waals surface area contributed by atoms with Crippen LogP contribution in [0.5, 0.6) is 0 Å². The van der Waals surface area contributed by atoms with Gasteiger partial charge in [-0.25, -0.2) is 0 Å². The van der Waals surface area contributed by atoms with Crippen molar-refractivity contribution in [1.82, 2.24) is 4.90 Å². The van der Waals surface area contributed by atoms with Crippen LogP contribution in [-0.4, -0.2) is 36.1 Å². The van der Waals surface area contributed by atoms with Gasteiger partial charge in [0, 0.05) is 32.4 Å². The van der Waals surface area contributed by atoms with Crippen LogP contribution >= 0.6 is 12.2 Å². The van der Waals surface area contributed by atoms with Crippen LogP contribution in [-0.2, 0) is 16.0 Å². The van der Waals surface area contributed by atoms with Crippen molar-refractivity contribution in [2.45, 2.75) is 26.7 Å². The zero-order valence-electron chi connectivity index (χ0n) is 12.4. The van der Waals surface area contributed by atoms with Gasteiger partial charge in [0.25, 0.3) is 0 Å². The van der Waals surface area contributed by atoms with Gasteiger partial charge in [0.15, 0.2) is 0 Å². The molecule has 4 heteroatoms. The lowest BCUT2D eigenvalue weighted by Crippen LogP contribution is -2.31. The summed E-state index contributed by atoms with van der Waals surface area (Å²) in [6.45, 7) is 4.84. The van der Waals surface area contributed by atoms with Gasteiger partial charge in [-0.1, -0.05) is 56.4 Å². The number of hydrogen-bond donors (Lipinski definition) is 0. The summed E-state index contributed by atoms with van der Waals surface area (Å²) in [4.78, 5) is 14.0. The second-order valence-corrected chi connectivity index (χ2v) is 5.35. The maximum absolute atomic E-state index is 11.1. The first-order valence-electron chi connectivity index (χ1n) is 6.77. The van der Waals surface area contributed by atoms with Crippen LogP contribution in [0.3, 0.4) is 0 Å². The van der Waals surface area contributed by atoms with Crippen molar-refractivity contribution in [2.75, 3.05) is 20.2 Å². The molecule has 0 bridgehead atoms. The monoisotopic (exact) mass is 292 g/mol. The summed E-state index contributed by atoms with van der Waals surface area (Å²) < 4.78 is 5.11. The minimum atomic E-state index is -0.168. The third kappa shape index (κ3) is 6.15. The fourth-order valence-corrected chi connectivity index (χ4v) is 1.98. The van der Waals surface area contributed by atoms with E-state index >= 15 is 0 Å².